The SMILES string of the molecule is CN([C@H](Cc1ccc(Oc2ccccc2)cc1)C(=O)O)S(=O)(=O)c1ccc(Cl)cc1. The van der Waals surface area contributed by atoms with Gasteiger partial charge in [-0.05, 0) is 60.5 Å². The number of carboxylic acid groups (broad SMARTS) is 1. The zero-order valence-electron chi connectivity index (χ0n) is 16.1. The average molecular weight is 446 g/mol. The number of benzene rings is 3. The fourth-order valence-corrected chi connectivity index (χ4v) is 4.29. The molecule has 8 heteroatoms. The van der Waals surface area contributed by atoms with Crippen LogP contribution in [-0.4, -0.2) is 36.9 Å². The fraction of sp³-hybridized carbons (Fsp3) is 0.136. The number of sulfonamides is 1. The zero-order valence-corrected chi connectivity index (χ0v) is 17.7. The number of nitrogens with zero attached hydrogens (tertiary/aromatic N) is 1. The van der Waals surface area contributed by atoms with E-state index >= 15 is 0 Å². The van der Waals surface area contributed by atoms with Gasteiger partial charge in [-0.2, -0.15) is 4.31 Å². The zero-order chi connectivity index (χ0) is 21.7. The van der Waals surface area contributed by atoms with Gasteiger partial charge in [0.1, 0.15) is 17.5 Å². The van der Waals surface area contributed by atoms with Crippen LogP contribution in [0.15, 0.2) is 83.8 Å². The molecule has 0 spiro atoms. The predicted molar refractivity (Wildman–Crippen MR) is 114 cm³/mol. The second-order valence-electron chi connectivity index (χ2n) is 6.59. The Kier molecular flexibility index (Phi) is 6.77. The van der Waals surface area contributed by atoms with Gasteiger partial charge in [0.05, 0.1) is 4.90 Å². The summed E-state index contributed by atoms with van der Waals surface area (Å²) in [5, 5.41) is 10.0. The number of rotatable bonds is 8. The van der Waals surface area contributed by atoms with E-state index in [9.17, 15) is 18.3 Å². The predicted octanol–water partition coefficient (Wildman–Crippen LogP) is 4.45. The third-order valence-electron chi connectivity index (χ3n) is 4.55. The summed E-state index contributed by atoms with van der Waals surface area (Å²) in [5.74, 6) is 0.0427. The van der Waals surface area contributed by atoms with Crippen LogP contribution < -0.4 is 4.74 Å². The lowest BCUT2D eigenvalue weighted by molar-refractivity contribution is -0.141. The molecule has 0 aliphatic heterocycles. The summed E-state index contributed by atoms with van der Waals surface area (Å²) in [6.45, 7) is 0. The smallest absolute Gasteiger partial charge is 0.322 e. The molecule has 1 atom stereocenters. The molecule has 0 bridgehead atoms. The maximum atomic E-state index is 12.8. The van der Waals surface area contributed by atoms with Crippen LogP contribution in [0.2, 0.25) is 5.02 Å². The number of ether oxygens (including phenoxy) is 1. The number of hydrogen-bond acceptors (Lipinski definition) is 4. The van der Waals surface area contributed by atoms with Gasteiger partial charge in [0, 0.05) is 12.1 Å². The molecule has 3 aromatic carbocycles. The minimum atomic E-state index is -4.00. The Morgan fingerprint density at radius 1 is 0.967 bits per heavy atom. The van der Waals surface area contributed by atoms with E-state index in [2.05, 4.69) is 0 Å². The first kappa shape index (κ1) is 21.8. The van der Waals surface area contributed by atoms with E-state index in [0.717, 1.165) is 4.31 Å². The molecule has 1 N–H and O–H groups in total. The standard InChI is InChI=1S/C22H20ClNO5S/c1-24(30(27,28)20-13-9-17(23)10-14-20)21(22(25)26)15-16-7-11-19(12-8-16)29-18-5-3-2-4-6-18/h2-14,21H,15H2,1H3,(H,25,26)/t21-/m1/s1. The van der Waals surface area contributed by atoms with Crippen LogP contribution in [0.3, 0.4) is 0 Å². The molecule has 6 nitrogen and oxygen atoms in total. The molecule has 3 rings (SSSR count). The van der Waals surface area contributed by atoms with Crippen molar-refractivity contribution in [3.63, 3.8) is 0 Å². The molecule has 0 aliphatic carbocycles. The summed E-state index contributed by atoms with van der Waals surface area (Å²) < 4.78 is 32.3. The molecule has 156 valence electrons. The first-order chi connectivity index (χ1) is 14.3. The monoisotopic (exact) mass is 445 g/mol. The maximum absolute atomic E-state index is 12.8. The number of aliphatic carboxylic acids is 1. The van der Waals surface area contributed by atoms with Crippen molar-refractivity contribution in [2.24, 2.45) is 0 Å². The number of carbonyl (C=O) groups is 1. The third-order valence-corrected chi connectivity index (χ3v) is 6.68. The molecule has 0 unspecified atom stereocenters. The van der Waals surface area contributed by atoms with Gasteiger partial charge < -0.3 is 9.84 Å². The Bertz CT molecular complexity index is 1100. The molecule has 0 aromatic heterocycles. The van der Waals surface area contributed by atoms with E-state index < -0.39 is 22.0 Å². The topological polar surface area (TPSA) is 83.9 Å². The number of para-hydroxylation sites is 1. The van der Waals surface area contributed by atoms with E-state index in [1.54, 1.807) is 24.3 Å². The van der Waals surface area contributed by atoms with Crippen LogP contribution in [0.25, 0.3) is 0 Å². The minimum absolute atomic E-state index is 0.00424. The van der Waals surface area contributed by atoms with E-state index in [4.69, 9.17) is 16.3 Å². The van der Waals surface area contributed by atoms with Crippen molar-refractivity contribution in [3.05, 3.63) is 89.4 Å². The van der Waals surface area contributed by atoms with Crippen molar-refractivity contribution in [2.45, 2.75) is 17.4 Å². The van der Waals surface area contributed by atoms with E-state index in [0.29, 0.717) is 22.1 Å². The van der Waals surface area contributed by atoms with Crippen molar-refractivity contribution in [2.75, 3.05) is 7.05 Å². The summed E-state index contributed by atoms with van der Waals surface area (Å²) in [4.78, 5) is 11.8. The molecule has 0 heterocycles. The van der Waals surface area contributed by atoms with Crippen molar-refractivity contribution in [1.29, 1.82) is 0 Å². The van der Waals surface area contributed by atoms with Gasteiger partial charge >= 0.3 is 5.97 Å². The fourth-order valence-electron chi connectivity index (χ4n) is 2.85. The highest BCUT2D eigenvalue weighted by molar-refractivity contribution is 7.89. The molecule has 3 aromatic rings. The summed E-state index contributed by atoms with van der Waals surface area (Å²) in [5.41, 5.74) is 0.668. The molecule has 0 radical (unpaired) electrons. The summed E-state index contributed by atoms with van der Waals surface area (Å²) in [6, 6.07) is 20.4. The molecule has 0 fully saturated rings. The summed E-state index contributed by atoms with van der Waals surface area (Å²) in [7, 11) is -2.74. The maximum Gasteiger partial charge on any atom is 0.322 e. The minimum Gasteiger partial charge on any atom is -0.480 e. The van der Waals surface area contributed by atoms with Gasteiger partial charge in [-0.1, -0.05) is 41.9 Å². The van der Waals surface area contributed by atoms with Crippen molar-refractivity contribution < 1.29 is 23.1 Å². The largest absolute Gasteiger partial charge is 0.480 e. The molecule has 0 saturated carbocycles. The Morgan fingerprint density at radius 2 is 1.53 bits per heavy atom. The molecule has 30 heavy (non-hydrogen) atoms. The van der Waals surface area contributed by atoms with Crippen LogP contribution in [0, 0.1) is 0 Å². The van der Waals surface area contributed by atoms with E-state index in [-0.39, 0.29) is 11.3 Å². The second-order valence-corrected chi connectivity index (χ2v) is 9.03. The van der Waals surface area contributed by atoms with Crippen molar-refractivity contribution >= 4 is 27.6 Å². The first-order valence-corrected chi connectivity index (χ1v) is 10.9. The number of hydrogen-bond donors (Lipinski definition) is 1. The van der Waals surface area contributed by atoms with Crippen molar-refractivity contribution in [1.82, 2.24) is 4.31 Å². The van der Waals surface area contributed by atoms with Crippen molar-refractivity contribution in [3.8, 4) is 11.5 Å². The molecular formula is C22H20ClNO5S. The lowest BCUT2D eigenvalue weighted by Crippen LogP contribution is -2.43. The van der Waals surface area contributed by atoms with Crippen LogP contribution in [-0.2, 0) is 21.2 Å². The Hall–Kier alpha value is -2.87. The average Bonchev–Trinajstić information content (AvgIpc) is 2.73. The first-order valence-electron chi connectivity index (χ1n) is 9.05. The lowest BCUT2D eigenvalue weighted by atomic mass is 10.1. The third kappa shape index (κ3) is 5.18. The van der Waals surface area contributed by atoms with Crippen LogP contribution in [0.1, 0.15) is 5.56 Å². The van der Waals surface area contributed by atoms with Gasteiger partial charge in [-0.25, -0.2) is 8.42 Å². The van der Waals surface area contributed by atoms with Crippen LogP contribution >= 0.6 is 11.6 Å². The molecule has 0 aliphatic rings. The van der Waals surface area contributed by atoms with Crippen LogP contribution in [0.5, 0.6) is 11.5 Å². The number of likely N-dealkylation sites (N-methyl/N-ethyl adjacent to an activating group) is 1. The molecular weight excluding hydrogens is 426 g/mol. The number of carboxylic acids is 1. The summed E-state index contributed by atoms with van der Waals surface area (Å²) >= 11 is 5.81. The molecule has 0 saturated heterocycles. The Labute approximate surface area is 180 Å². The van der Waals surface area contributed by atoms with Gasteiger partial charge in [-0.15, -0.1) is 0 Å². The second kappa shape index (κ2) is 9.30. The Balaban J connectivity index is 1.76. The van der Waals surface area contributed by atoms with E-state index in [1.807, 2.05) is 30.3 Å². The van der Waals surface area contributed by atoms with Gasteiger partial charge in [0.15, 0.2) is 0 Å². The highest BCUT2D eigenvalue weighted by Gasteiger charge is 2.33. The normalized spacial score (nSPS) is 12.5. The van der Waals surface area contributed by atoms with Gasteiger partial charge in [0.25, 0.3) is 0 Å². The molecule has 0 amide bonds. The van der Waals surface area contributed by atoms with Gasteiger partial charge in [-0.3, -0.25) is 4.79 Å². The number of halogens is 1. The quantitative estimate of drug-likeness (QED) is 0.553. The summed E-state index contributed by atoms with van der Waals surface area (Å²) in [6.07, 6.45) is 0.00424. The highest BCUT2D eigenvalue weighted by atomic mass is 35.5. The lowest BCUT2D eigenvalue weighted by Gasteiger charge is -2.24. The van der Waals surface area contributed by atoms with Crippen LogP contribution in [0.4, 0.5) is 0 Å². The van der Waals surface area contributed by atoms with Gasteiger partial charge in [0.2, 0.25) is 10.0 Å². The Morgan fingerprint density at radius 3 is 2.10 bits per heavy atom. The van der Waals surface area contributed by atoms with E-state index in [1.165, 1.54) is 31.3 Å². The highest BCUT2D eigenvalue weighted by Crippen LogP contribution is 2.24.